The molecule has 0 aromatic heterocycles. The van der Waals surface area contributed by atoms with Crippen molar-refractivity contribution >= 4 is 78.4 Å². The van der Waals surface area contributed by atoms with Crippen LogP contribution in [-0.4, -0.2) is 13.4 Å². The van der Waals surface area contributed by atoms with Crippen molar-refractivity contribution in [2.75, 3.05) is 0 Å². The van der Waals surface area contributed by atoms with E-state index in [1.807, 2.05) is 0 Å². The Balaban J connectivity index is 2.52. The fourth-order valence-electron chi connectivity index (χ4n) is 2.11. The summed E-state index contributed by atoms with van der Waals surface area (Å²) >= 11 is 29.1. The zero-order valence-corrected chi connectivity index (χ0v) is 18.1. The quantitative estimate of drug-likeness (QED) is 0.534. The zero-order chi connectivity index (χ0) is 19.5. The first-order valence-electron chi connectivity index (χ1n) is 7.19. The van der Waals surface area contributed by atoms with E-state index in [2.05, 4.69) is 5.32 Å². The molecule has 0 aliphatic carbocycles. The Labute approximate surface area is 177 Å². The van der Waals surface area contributed by atoms with E-state index in [9.17, 15) is 8.42 Å². The van der Waals surface area contributed by atoms with Crippen molar-refractivity contribution in [1.82, 2.24) is 5.32 Å². The molecule has 2 aromatic rings. The van der Waals surface area contributed by atoms with Crippen molar-refractivity contribution in [1.29, 1.82) is 0 Å². The molecule has 0 saturated heterocycles. The molecule has 26 heavy (non-hydrogen) atoms. The van der Waals surface area contributed by atoms with Crippen molar-refractivity contribution in [3.05, 3.63) is 73.8 Å². The van der Waals surface area contributed by atoms with Gasteiger partial charge >= 0.3 is 0 Å². The van der Waals surface area contributed by atoms with Gasteiger partial charge in [0.15, 0.2) is 9.84 Å². The lowest BCUT2D eigenvalue weighted by atomic mass is 10.2. The van der Waals surface area contributed by atoms with Gasteiger partial charge in [0.1, 0.15) is 0 Å². The summed E-state index contributed by atoms with van der Waals surface area (Å²) in [6, 6.07) is 9.22. The normalized spacial score (nSPS) is 12.1. The highest BCUT2D eigenvalue weighted by Crippen LogP contribution is 2.33. The predicted octanol–water partition coefficient (Wildman–Crippen LogP) is 6.15. The summed E-state index contributed by atoms with van der Waals surface area (Å²) in [5.41, 5.74) is 0.732. The molecule has 2 aromatic carbocycles. The Morgan fingerprint density at radius 1 is 1.04 bits per heavy atom. The van der Waals surface area contributed by atoms with Crippen LogP contribution in [0, 0.1) is 0 Å². The van der Waals surface area contributed by atoms with Crippen molar-refractivity contribution in [2.24, 2.45) is 0 Å². The van der Waals surface area contributed by atoms with Gasteiger partial charge < -0.3 is 5.32 Å². The van der Waals surface area contributed by atoms with Gasteiger partial charge in [0, 0.05) is 26.8 Å². The number of thiocarbonyl (C=S) groups is 1. The lowest BCUT2D eigenvalue weighted by molar-refractivity contribution is 0.605. The van der Waals surface area contributed by atoms with Gasteiger partial charge in [0.25, 0.3) is 0 Å². The Kier molecular flexibility index (Phi) is 7.36. The Bertz CT molecular complexity index is 988. The third-order valence-corrected chi connectivity index (χ3v) is 6.25. The molecule has 0 heterocycles. The van der Waals surface area contributed by atoms with E-state index in [0.29, 0.717) is 26.2 Å². The molecule has 0 aliphatic rings. The van der Waals surface area contributed by atoms with E-state index in [1.54, 1.807) is 25.1 Å². The first-order valence-corrected chi connectivity index (χ1v) is 10.8. The van der Waals surface area contributed by atoms with E-state index in [0.717, 1.165) is 0 Å². The largest absolute Gasteiger partial charge is 0.355 e. The molecule has 0 aliphatic heterocycles. The van der Waals surface area contributed by atoms with Crippen LogP contribution in [-0.2, 0) is 15.6 Å². The number of hydrogen-bond acceptors (Lipinski definition) is 3. The maximum absolute atomic E-state index is 13.1. The zero-order valence-electron chi connectivity index (χ0n) is 13.4. The van der Waals surface area contributed by atoms with Crippen molar-refractivity contribution in [3.63, 3.8) is 0 Å². The standard InChI is InChI=1S/C17H13Cl4NO2S2/c1-10(25)22-8-17(14-5-4-13(19)7-16(14)21)26(23,24)9-11-2-3-12(18)6-15(11)20/h2-8H,9H2,1H3,(H,22,25)/b17-8-. The minimum Gasteiger partial charge on any atom is -0.355 e. The van der Waals surface area contributed by atoms with Crippen LogP contribution in [0.4, 0.5) is 0 Å². The van der Waals surface area contributed by atoms with Gasteiger partial charge in [-0.15, -0.1) is 0 Å². The summed E-state index contributed by atoms with van der Waals surface area (Å²) < 4.78 is 26.1. The van der Waals surface area contributed by atoms with E-state index in [-0.39, 0.29) is 20.7 Å². The summed E-state index contributed by atoms with van der Waals surface area (Å²) in [5.74, 6) is -0.327. The lowest BCUT2D eigenvalue weighted by Gasteiger charge is -2.13. The molecular formula is C17H13Cl4NO2S2. The fraction of sp³-hybridized carbons (Fsp3) is 0.118. The van der Waals surface area contributed by atoms with E-state index >= 15 is 0 Å². The molecule has 138 valence electrons. The van der Waals surface area contributed by atoms with Gasteiger partial charge in [0.05, 0.1) is 20.7 Å². The molecule has 0 atom stereocenters. The Morgan fingerprint density at radius 2 is 1.62 bits per heavy atom. The fourth-order valence-corrected chi connectivity index (χ4v) is 4.86. The molecule has 3 nitrogen and oxygen atoms in total. The third-order valence-electron chi connectivity index (χ3n) is 3.30. The van der Waals surface area contributed by atoms with Crippen LogP contribution >= 0.6 is 58.6 Å². The highest BCUT2D eigenvalue weighted by Gasteiger charge is 2.24. The van der Waals surface area contributed by atoms with Gasteiger partial charge in [-0.3, -0.25) is 0 Å². The van der Waals surface area contributed by atoms with Crippen molar-refractivity contribution in [2.45, 2.75) is 12.7 Å². The Hall–Kier alpha value is -0.820. The van der Waals surface area contributed by atoms with Gasteiger partial charge in [-0.2, -0.15) is 0 Å². The van der Waals surface area contributed by atoms with Gasteiger partial charge in [-0.1, -0.05) is 70.8 Å². The molecular weight excluding hydrogens is 456 g/mol. The van der Waals surface area contributed by atoms with Crippen LogP contribution in [0.1, 0.15) is 18.1 Å². The predicted molar refractivity (Wildman–Crippen MR) is 115 cm³/mol. The topological polar surface area (TPSA) is 46.2 Å². The average molecular weight is 469 g/mol. The second-order valence-corrected chi connectivity index (χ2v) is 9.59. The molecule has 0 unspecified atom stereocenters. The van der Waals surface area contributed by atoms with Crippen LogP contribution in [0.25, 0.3) is 4.91 Å². The SMILES string of the molecule is CC(=S)N/C=C(/c1ccc(Cl)cc1Cl)S(=O)(=O)Cc1ccc(Cl)cc1Cl. The Morgan fingerprint density at radius 3 is 2.15 bits per heavy atom. The number of hydrogen-bond donors (Lipinski definition) is 1. The van der Waals surface area contributed by atoms with Crippen LogP contribution in [0.5, 0.6) is 0 Å². The average Bonchev–Trinajstić information content (AvgIpc) is 2.51. The number of rotatable bonds is 5. The highest BCUT2D eigenvalue weighted by atomic mass is 35.5. The highest BCUT2D eigenvalue weighted by molar-refractivity contribution is 7.99. The lowest BCUT2D eigenvalue weighted by Crippen LogP contribution is -2.15. The second-order valence-electron chi connectivity index (χ2n) is 5.33. The number of sulfone groups is 1. The van der Waals surface area contributed by atoms with Crippen LogP contribution in [0.15, 0.2) is 42.6 Å². The molecule has 0 fully saturated rings. The summed E-state index contributed by atoms with van der Waals surface area (Å²) in [6.45, 7) is 1.63. The summed E-state index contributed by atoms with van der Waals surface area (Å²) in [7, 11) is -3.81. The minimum absolute atomic E-state index is 0.0191. The van der Waals surface area contributed by atoms with Crippen LogP contribution in [0.3, 0.4) is 0 Å². The van der Waals surface area contributed by atoms with E-state index in [4.69, 9.17) is 58.6 Å². The van der Waals surface area contributed by atoms with Crippen LogP contribution < -0.4 is 5.32 Å². The minimum atomic E-state index is -3.81. The second kappa shape index (κ2) is 8.91. The monoisotopic (exact) mass is 467 g/mol. The van der Waals surface area contributed by atoms with Gasteiger partial charge in [-0.05, 0) is 36.8 Å². The molecule has 0 spiro atoms. The number of nitrogens with one attached hydrogen (secondary N) is 1. The number of halogens is 4. The molecule has 0 amide bonds. The number of benzene rings is 2. The molecule has 0 bridgehead atoms. The van der Waals surface area contributed by atoms with E-state index in [1.165, 1.54) is 24.4 Å². The van der Waals surface area contributed by atoms with Crippen molar-refractivity contribution < 1.29 is 8.42 Å². The summed E-state index contributed by atoms with van der Waals surface area (Å²) in [6.07, 6.45) is 1.32. The first kappa shape index (κ1) is 21.5. The molecule has 2 rings (SSSR count). The van der Waals surface area contributed by atoms with Crippen LogP contribution in [0.2, 0.25) is 20.1 Å². The molecule has 1 N–H and O–H groups in total. The van der Waals surface area contributed by atoms with E-state index < -0.39 is 9.84 Å². The summed E-state index contributed by atoms with van der Waals surface area (Å²) in [5, 5.41) is 4.04. The molecule has 9 heteroatoms. The van der Waals surface area contributed by atoms with Crippen molar-refractivity contribution in [3.8, 4) is 0 Å². The molecule has 0 saturated carbocycles. The van der Waals surface area contributed by atoms with Gasteiger partial charge in [-0.25, -0.2) is 8.42 Å². The maximum atomic E-state index is 13.1. The first-order chi connectivity index (χ1) is 12.1. The smallest absolute Gasteiger partial charge is 0.184 e. The maximum Gasteiger partial charge on any atom is 0.184 e. The summed E-state index contributed by atoms with van der Waals surface area (Å²) in [4.78, 5) is 0.390. The third kappa shape index (κ3) is 5.59. The molecule has 0 radical (unpaired) electrons. The van der Waals surface area contributed by atoms with Gasteiger partial charge in [0.2, 0.25) is 0 Å².